The molecule has 2 aromatic carbocycles. The van der Waals surface area contributed by atoms with Gasteiger partial charge in [-0.15, -0.1) is 0 Å². The largest absolute Gasteiger partial charge is 0.416 e. The minimum Gasteiger partial charge on any atom is -0.166 e. The van der Waals surface area contributed by atoms with Gasteiger partial charge in [-0.2, -0.15) is 26.3 Å². The minimum atomic E-state index is -4.35. The molecule has 0 heterocycles. The SMILES string of the molecule is FC(F)(F)c1ccc(C=CCC=Cc2ccc(C(F)(F)F)cc2)cc1. The summed E-state index contributed by atoms with van der Waals surface area (Å²) in [6.07, 6.45) is -1.35. The molecule has 0 spiro atoms. The van der Waals surface area contributed by atoms with Gasteiger partial charge >= 0.3 is 12.4 Å². The molecule has 6 heteroatoms. The first kappa shape index (κ1) is 18.8. The zero-order valence-electron chi connectivity index (χ0n) is 12.9. The van der Waals surface area contributed by atoms with Gasteiger partial charge in [0.1, 0.15) is 0 Å². The molecular weight excluding hydrogens is 342 g/mol. The van der Waals surface area contributed by atoms with Crippen molar-refractivity contribution in [3.63, 3.8) is 0 Å². The van der Waals surface area contributed by atoms with Crippen molar-refractivity contribution in [2.45, 2.75) is 18.8 Å². The Labute approximate surface area is 141 Å². The molecule has 0 saturated carbocycles. The van der Waals surface area contributed by atoms with E-state index in [2.05, 4.69) is 0 Å². The molecule has 0 atom stereocenters. The number of halogens is 6. The lowest BCUT2D eigenvalue weighted by Crippen LogP contribution is -2.03. The van der Waals surface area contributed by atoms with Gasteiger partial charge in [-0.3, -0.25) is 0 Å². The Morgan fingerprint density at radius 3 is 1.16 bits per heavy atom. The van der Waals surface area contributed by atoms with Gasteiger partial charge in [0.25, 0.3) is 0 Å². The molecule has 0 bridgehead atoms. The Bertz CT molecular complexity index is 666. The second kappa shape index (κ2) is 7.59. The summed E-state index contributed by atoms with van der Waals surface area (Å²) in [5, 5.41) is 0. The molecule has 0 aliphatic rings. The third-order valence-corrected chi connectivity index (χ3v) is 3.37. The van der Waals surface area contributed by atoms with Crippen LogP contribution in [0.15, 0.2) is 60.7 Å². The van der Waals surface area contributed by atoms with Gasteiger partial charge in [-0.25, -0.2) is 0 Å². The highest BCUT2D eigenvalue weighted by Gasteiger charge is 2.30. The first-order valence-corrected chi connectivity index (χ1v) is 7.34. The molecule has 0 fully saturated rings. The van der Waals surface area contributed by atoms with E-state index in [-0.39, 0.29) is 0 Å². The van der Waals surface area contributed by atoms with Gasteiger partial charge in [-0.1, -0.05) is 48.6 Å². The molecule has 25 heavy (non-hydrogen) atoms. The fourth-order valence-corrected chi connectivity index (χ4v) is 2.05. The molecule has 0 amide bonds. The van der Waals surface area contributed by atoms with Gasteiger partial charge < -0.3 is 0 Å². The summed E-state index contributed by atoms with van der Waals surface area (Å²) in [5.41, 5.74) is -0.134. The van der Waals surface area contributed by atoms with E-state index in [1.807, 2.05) is 0 Å². The van der Waals surface area contributed by atoms with Crippen molar-refractivity contribution < 1.29 is 26.3 Å². The van der Waals surface area contributed by atoms with Crippen LogP contribution in [0.4, 0.5) is 26.3 Å². The highest BCUT2D eigenvalue weighted by Crippen LogP contribution is 2.30. The van der Waals surface area contributed by atoms with Gasteiger partial charge in [0.2, 0.25) is 0 Å². The van der Waals surface area contributed by atoms with E-state index in [1.54, 1.807) is 24.3 Å². The number of rotatable bonds is 4. The van der Waals surface area contributed by atoms with Gasteiger partial charge in [-0.05, 0) is 41.8 Å². The van der Waals surface area contributed by atoms with E-state index < -0.39 is 23.5 Å². The lowest BCUT2D eigenvalue weighted by atomic mass is 10.1. The molecule has 2 aromatic rings. The maximum Gasteiger partial charge on any atom is 0.416 e. The van der Waals surface area contributed by atoms with Crippen molar-refractivity contribution in [1.82, 2.24) is 0 Å². The van der Waals surface area contributed by atoms with E-state index >= 15 is 0 Å². The Morgan fingerprint density at radius 2 is 0.880 bits per heavy atom. The molecule has 0 aliphatic carbocycles. The van der Waals surface area contributed by atoms with Crippen molar-refractivity contribution in [1.29, 1.82) is 0 Å². The average Bonchev–Trinajstić information content (AvgIpc) is 2.54. The molecule has 0 saturated heterocycles. The summed E-state index contributed by atoms with van der Waals surface area (Å²) < 4.78 is 74.6. The first-order chi connectivity index (χ1) is 11.7. The first-order valence-electron chi connectivity index (χ1n) is 7.34. The lowest BCUT2D eigenvalue weighted by molar-refractivity contribution is -0.138. The lowest BCUT2D eigenvalue weighted by Gasteiger charge is -2.05. The maximum absolute atomic E-state index is 12.4. The van der Waals surface area contributed by atoms with Crippen LogP contribution >= 0.6 is 0 Å². The van der Waals surface area contributed by atoms with Crippen LogP contribution in [-0.4, -0.2) is 0 Å². The monoisotopic (exact) mass is 356 g/mol. The highest BCUT2D eigenvalue weighted by molar-refractivity contribution is 5.53. The Hall–Kier alpha value is -2.50. The highest BCUT2D eigenvalue weighted by atomic mass is 19.4. The molecular formula is C19H14F6. The Morgan fingerprint density at radius 1 is 0.560 bits per heavy atom. The van der Waals surface area contributed by atoms with Crippen LogP contribution in [0, 0.1) is 0 Å². The normalized spacial score (nSPS) is 13.0. The zero-order chi connectivity index (χ0) is 18.5. The van der Waals surface area contributed by atoms with Crippen LogP contribution in [0.5, 0.6) is 0 Å². The van der Waals surface area contributed by atoms with Crippen LogP contribution < -0.4 is 0 Å². The van der Waals surface area contributed by atoms with Gasteiger partial charge in [0.15, 0.2) is 0 Å². The fraction of sp³-hybridized carbons (Fsp3) is 0.158. The molecule has 0 unspecified atom stereocenters. The maximum atomic E-state index is 12.4. The quantitative estimate of drug-likeness (QED) is 0.526. The van der Waals surface area contributed by atoms with Crippen LogP contribution in [0.3, 0.4) is 0 Å². The standard InChI is InChI=1S/C19H14F6/c20-18(21,22)16-10-6-14(7-11-16)4-2-1-3-5-15-8-12-17(13-9-15)19(23,24)25/h2-13H,1H2. The predicted molar refractivity (Wildman–Crippen MR) is 85.6 cm³/mol. The summed E-state index contributed by atoms with van der Waals surface area (Å²) in [5.74, 6) is 0. The average molecular weight is 356 g/mol. The molecule has 0 radical (unpaired) electrons. The smallest absolute Gasteiger partial charge is 0.166 e. The Kier molecular flexibility index (Phi) is 5.72. The van der Waals surface area contributed by atoms with Crippen LogP contribution in [0.1, 0.15) is 28.7 Å². The van der Waals surface area contributed by atoms with Crippen LogP contribution in [0.2, 0.25) is 0 Å². The van der Waals surface area contributed by atoms with Gasteiger partial charge in [0.05, 0.1) is 11.1 Å². The second-order valence-corrected chi connectivity index (χ2v) is 5.28. The third kappa shape index (κ3) is 5.81. The van der Waals surface area contributed by atoms with Crippen molar-refractivity contribution >= 4 is 12.2 Å². The van der Waals surface area contributed by atoms with Crippen molar-refractivity contribution in [2.75, 3.05) is 0 Å². The van der Waals surface area contributed by atoms with Crippen molar-refractivity contribution in [3.05, 3.63) is 82.9 Å². The third-order valence-electron chi connectivity index (χ3n) is 3.37. The second-order valence-electron chi connectivity index (χ2n) is 5.28. The zero-order valence-corrected chi connectivity index (χ0v) is 12.9. The number of allylic oxidation sites excluding steroid dienone is 2. The molecule has 2 rings (SSSR count). The van der Waals surface area contributed by atoms with Crippen molar-refractivity contribution in [2.24, 2.45) is 0 Å². The van der Waals surface area contributed by atoms with E-state index in [0.717, 1.165) is 24.3 Å². The summed E-state index contributed by atoms with van der Waals surface area (Å²) in [4.78, 5) is 0. The topological polar surface area (TPSA) is 0 Å². The van der Waals surface area contributed by atoms with Crippen LogP contribution in [-0.2, 0) is 12.4 Å². The summed E-state index contributed by atoms with van der Waals surface area (Å²) in [6.45, 7) is 0. The number of benzene rings is 2. The fourth-order valence-electron chi connectivity index (χ4n) is 2.05. The van der Waals surface area contributed by atoms with Crippen LogP contribution in [0.25, 0.3) is 12.2 Å². The molecule has 0 nitrogen and oxygen atoms in total. The molecule has 0 aromatic heterocycles. The van der Waals surface area contributed by atoms with Gasteiger partial charge in [0, 0.05) is 0 Å². The summed E-state index contributed by atoms with van der Waals surface area (Å²) >= 11 is 0. The molecule has 0 aliphatic heterocycles. The molecule has 0 N–H and O–H groups in total. The Balaban J connectivity index is 1.89. The number of hydrogen-bond acceptors (Lipinski definition) is 0. The molecule has 132 valence electrons. The minimum absolute atomic E-state index is 0.502. The van der Waals surface area contributed by atoms with E-state index in [0.29, 0.717) is 17.5 Å². The van der Waals surface area contributed by atoms with E-state index in [4.69, 9.17) is 0 Å². The van der Waals surface area contributed by atoms with Crippen molar-refractivity contribution in [3.8, 4) is 0 Å². The number of alkyl halides is 6. The van der Waals surface area contributed by atoms with E-state index in [9.17, 15) is 26.3 Å². The summed E-state index contributed by atoms with van der Waals surface area (Å²) in [7, 11) is 0. The summed E-state index contributed by atoms with van der Waals surface area (Å²) in [6, 6.07) is 9.54. The number of hydrogen-bond donors (Lipinski definition) is 0. The predicted octanol–water partition coefficient (Wildman–Crippen LogP) is 6.84. The van der Waals surface area contributed by atoms with E-state index in [1.165, 1.54) is 24.3 Å².